The van der Waals surface area contributed by atoms with E-state index in [9.17, 15) is 18.0 Å². The quantitative estimate of drug-likeness (QED) is 0.825. The highest BCUT2D eigenvalue weighted by molar-refractivity contribution is 9.10. The van der Waals surface area contributed by atoms with Crippen LogP contribution in [0, 0.1) is 17.5 Å². The standard InChI is InChI=1S/C13H7BrF3NO/c14-8-3-1-2-4-10(8)18-13(19)7-5-6-9(15)12(17)11(7)16/h1-6H,(H,18,19). The minimum atomic E-state index is -1.67. The molecule has 0 atom stereocenters. The first-order valence-electron chi connectivity index (χ1n) is 5.20. The van der Waals surface area contributed by atoms with Crippen LogP contribution in [-0.4, -0.2) is 5.91 Å². The van der Waals surface area contributed by atoms with E-state index < -0.39 is 28.9 Å². The molecule has 19 heavy (non-hydrogen) atoms. The molecule has 1 N–H and O–H groups in total. The van der Waals surface area contributed by atoms with Crippen LogP contribution in [0.15, 0.2) is 40.9 Å². The first-order chi connectivity index (χ1) is 9.00. The van der Waals surface area contributed by atoms with E-state index in [0.29, 0.717) is 16.2 Å². The van der Waals surface area contributed by atoms with Crippen LogP contribution in [0.25, 0.3) is 0 Å². The number of amides is 1. The van der Waals surface area contributed by atoms with Gasteiger partial charge in [0, 0.05) is 4.47 Å². The fourth-order valence-electron chi connectivity index (χ4n) is 1.45. The zero-order valence-electron chi connectivity index (χ0n) is 9.38. The van der Waals surface area contributed by atoms with Gasteiger partial charge in [0.25, 0.3) is 5.91 Å². The zero-order valence-corrected chi connectivity index (χ0v) is 11.0. The van der Waals surface area contributed by atoms with Gasteiger partial charge >= 0.3 is 0 Å². The molecule has 2 aromatic rings. The largest absolute Gasteiger partial charge is 0.321 e. The number of para-hydroxylation sites is 1. The normalized spacial score (nSPS) is 10.3. The molecule has 0 aliphatic carbocycles. The molecule has 0 aromatic heterocycles. The second kappa shape index (κ2) is 5.44. The fraction of sp³-hybridized carbons (Fsp3) is 0. The van der Waals surface area contributed by atoms with Gasteiger partial charge in [0.1, 0.15) is 0 Å². The van der Waals surface area contributed by atoms with E-state index in [0.717, 1.165) is 6.07 Å². The highest BCUT2D eigenvalue weighted by Crippen LogP contribution is 2.23. The fourth-order valence-corrected chi connectivity index (χ4v) is 1.84. The maximum absolute atomic E-state index is 13.4. The topological polar surface area (TPSA) is 29.1 Å². The lowest BCUT2D eigenvalue weighted by molar-refractivity contribution is 0.102. The average molecular weight is 330 g/mol. The third-order valence-electron chi connectivity index (χ3n) is 2.40. The molecular formula is C13H7BrF3NO. The molecule has 0 radical (unpaired) electrons. The Morgan fingerprint density at radius 1 is 1.00 bits per heavy atom. The van der Waals surface area contributed by atoms with Gasteiger partial charge in [0.05, 0.1) is 11.3 Å². The Morgan fingerprint density at radius 3 is 2.37 bits per heavy atom. The number of hydrogen-bond donors (Lipinski definition) is 1. The van der Waals surface area contributed by atoms with Crippen molar-refractivity contribution in [3.8, 4) is 0 Å². The van der Waals surface area contributed by atoms with Gasteiger partial charge in [0.2, 0.25) is 0 Å². The molecule has 0 aliphatic heterocycles. The third-order valence-corrected chi connectivity index (χ3v) is 3.09. The van der Waals surface area contributed by atoms with Crippen molar-refractivity contribution >= 4 is 27.5 Å². The van der Waals surface area contributed by atoms with Crippen LogP contribution in [0.2, 0.25) is 0 Å². The van der Waals surface area contributed by atoms with E-state index >= 15 is 0 Å². The van der Waals surface area contributed by atoms with Crippen LogP contribution < -0.4 is 5.32 Å². The first kappa shape index (κ1) is 13.6. The molecule has 0 fully saturated rings. The molecule has 0 bridgehead atoms. The van der Waals surface area contributed by atoms with Crippen LogP contribution in [0.5, 0.6) is 0 Å². The highest BCUT2D eigenvalue weighted by atomic mass is 79.9. The van der Waals surface area contributed by atoms with Gasteiger partial charge in [-0.05, 0) is 40.2 Å². The van der Waals surface area contributed by atoms with Crippen molar-refractivity contribution in [3.63, 3.8) is 0 Å². The summed E-state index contributed by atoms with van der Waals surface area (Å²) in [5.74, 6) is -5.37. The van der Waals surface area contributed by atoms with Crippen LogP contribution in [-0.2, 0) is 0 Å². The van der Waals surface area contributed by atoms with Crippen molar-refractivity contribution < 1.29 is 18.0 Å². The molecule has 6 heteroatoms. The van der Waals surface area contributed by atoms with Crippen molar-refractivity contribution in [1.82, 2.24) is 0 Å². The van der Waals surface area contributed by atoms with Gasteiger partial charge in [-0.1, -0.05) is 12.1 Å². The first-order valence-corrected chi connectivity index (χ1v) is 5.99. The molecule has 0 unspecified atom stereocenters. The maximum atomic E-state index is 13.4. The zero-order chi connectivity index (χ0) is 14.0. The van der Waals surface area contributed by atoms with E-state index in [2.05, 4.69) is 21.2 Å². The Kier molecular flexibility index (Phi) is 3.90. The average Bonchev–Trinajstić information content (AvgIpc) is 2.39. The van der Waals surface area contributed by atoms with Crippen molar-refractivity contribution in [2.45, 2.75) is 0 Å². The maximum Gasteiger partial charge on any atom is 0.258 e. The Morgan fingerprint density at radius 2 is 1.68 bits per heavy atom. The van der Waals surface area contributed by atoms with Crippen molar-refractivity contribution in [2.24, 2.45) is 0 Å². The van der Waals surface area contributed by atoms with Crippen LogP contribution >= 0.6 is 15.9 Å². The summed E-state index contributed by atoms with van der Waals surface area (Å²) in [5, 5.41) is 2.40. The van der Waals surface area contributed by atoms with Crippen molar-refractivity contribution in [2.75, 3.05) is 5.32 Å². The molecule has 2 aromatic carbocycles. The number of carbonyl (C=O) groups excluding carboxylic acids is 1. The summed E-state index contributed by atoms with van der Waals surface area (Å²) in [6, 6.07) is 8.25. The minimum Gasteiger partial charge on any atom is -0.321 e. The molecule has 1 amide bonds. The van der Waals surface area contributed by atoms with Crippen molar-refractivity contribution in [1.29, 1.82) is 0 Å². The van der Waals surface area contributed by atoms with Gasteiger partial charge in [-0.15, -0.1) is 0 Å². The lowest BCUT2D eigenvalue weighted by atomic mass is 10.1. The molecule has 2 rings (SSSR count). The monoisotopic (exact) mass is 329 g/mol. The Balaban J connectivity index is 2.31. The molecule has 0 aliphatic rings. The van der Waals surface area contributed by atoms with Gasteiger partial charge < -0.3 is 5.32 Å². The molecule has 2 nitrogen and oxygen atoms in total. The van der Waals surface area contributed by atoms with Gasteiger partial charge in [-0.2, -0.15) is 0 Å². The summed E-state index contributed by atoms with van der Waals surface area (Å²) in [7, 11) is 0. The Hall–Kier alpha value is -1.82. The van der Waals surface area contributed by atoms with Crippen LogP contribution in [0.3, 0.4) is 0 Å². The number of anilines is 1. The number of hydrogen-bond acceptors (Lipinski definition) is 1. The number of rotatable bonds is 2. The third kappa shape index (κ3) is 2.78. The lowest BCUT2D eigenvalue weighted by Crippen LogP contribution is -2.15. The Bertz CT molecular complexity index is 646. The van der Waals surface area contributed by atoms with Crippen molar-refractivity contribution in [3.05, 3.63) is 63.9 Å². The van der Waals surface area contributed by atoms with Crippen LogP contribution in [0.1, 0.15) is 10.4 Å². The molecule has 0 heterocycles. The summed E-state index contributed by atoms with van der Waals surface area (Å²) in [6.07, 6.45) is 0. The number of carbonyl (C=O) groups is 1. The van der Waals surface area contributed by atoms with E-state index in [4.69, 9.17) is 0 Å². The van der Waals surface area contributed by atoms with Crippen LogP contribution in [0.4, 0.5) is 18.9 Å². The second-order valence-electron chi connectivity index (χ2n) is 3.66. The van der Waals surface area contributed by atoms with Gasteiger partial charge in [0.15, 0.2) is 17.5 Å². The summed E-state index contributed by atoms with van der Waals surface area (Å²) in [4.78, 5) is 11.8. The molecule has 98 valence electrons. The van der Waals surface area contributed by atoms with Gasteiger partial charge in [-0.25, -0.2) is 13.2 Å². The summed E-state index contributed by atoms with van der Waals surface area (Å²) in [5.41, 5.74) is -0.161. The Labute approximate surface area is 115 Å². The molecule has 0 saturated heterocycles. The van der Waals surface area contributed by atoms with E-state index in [-0.39, 0.29) is 0 Å². The highest BCUT2D eigenvalue weighted by Gasteiger charge is 2.19. The summed E-state index contributed by atoms with van der Waals surface area (Å²) >= 11 is 3.20. The van der Waals surface area contributed by atoms with E-state index in [1.165, 1.54) is 0 Å². The predicted octanol–water partition coefficient (Wildman–Crippen LogP) is 4.12. The number of halogens is 4. The number of nitrogens with one attached hydrogen (secondary N) is 1. The second-order valence-corrected chi connectivity index (χ2v) is 4.51. The SMILES string of the molecule is O=C(Nc1ccccc1Br)c1ccc(F)c(F)c1F. The lowest BCUT2D eigenvalue weighted by Gasteiger charge is -2.08. The van der Waals surface area contributed by atoms with Gasteiger partial charge in [-0.3, -0.25) is 4.79 Å². The van der Waals surface area contributed by atoms with E-state index in [1.54, 1.807) is 24.3 Å². The summed E-state index contributed by atoms with van der Waals surface area (Å²) in [6.45, 7) is 0. The molecule has 0 saturated carbocycles. The number of benzene rings is 2. The minimum absolute atomic E-state index is 0.400. The smallest absolute Gasteiger partial charge is 0.258 e. The predicted molar refractivity (Wildman–Crippen MR) is 68.4 cm³/mol. The molecule has 0 spiro atoms. The summed E-state index contributed by atoms with van der Waals surface area (Å²) < 4.78 is 39.8. The molecular weight excluding hydrogens is 323 g/mol. The van der Waals surface area contributed by atoms with E-state index in [1.807, 2.05) is 0 Å².